The summed E-state index contributed by atoms with van der Waals surface area (Å²) in [5, 5.41) is 3.03. The Hall–Kier alpha value is -3.19. The van der Waals surface area contributed by atoms with Gasteiger partial charge in [0.25, 0.3) is 5.91 Å². The van der Waals surface area contributed by atoms with E-state index < -0.39 is 5.82 Å². The van der Waals surface area contributed by atoms with Gasteiger partial charge in [-0.15, -0.1) is 0 Å². The minimum atomic E-state index is -0.592. The molecule has 1 heterocycles. The highest BCUT2D eigenvalue weighted by Crippen LogP contribution is 2.69. The molecular weight excluding hydrogens is 445 g/mol. The summed E-state index contributed by atoms with van der Waals surface area (Å²) in [7, 11) is 0. The van der Waals surface area contributed by atoms with Crippen LogP contribution in [0.3, 0.4) is 0 Å². The van der Waals surface area contributed by atoms with Crippen LogP contribution in [0.25, 0.3) is 5.69 Å². The number of rotatable bonds is 8. The van der Waals surface area contributed by atoms with E-state index in [0.29, 0.717) is 12.0 Å². The number of para-hydroxylation sites is 1. The molecule has 1 aromatic heterocycles. The third-order valence-corrected chi connectivity index (χ3v) is 6.94. The van der Waals surface area contributed by atoms with E-state index >= 15 is 0 Å². The average molecular weight is 468 g/mol. The largest absolute Gasteiger partial charge is 0.484 e. The predicted octanol–water partition coefficient (Wildman–Crippen LogP) is 4.66. The summed E-state index contributed by atoms with van der Waals surface area (Å²) >= 11 is 5.65. The molecule has 3 aliphatic carbocycles. The van der Waals surface area contributed by atoms with Crippen LogP contribution >= 0.6 is 11.6 Å². The first-order chi connectivity index (χ1) is 15.8. The molecule has 2 bridgehead atoms. The summed E-state index contributed by atoms with van der Waals surface area (Å²) in [6.45, 7) is 1.70. The van der Waals surface area contributed by atoms with Gasteiger partial charge in [-0.05, 0) is 55.9 Å². The van der Waals surface area contributed by atoms with Gasteiger partial charge in [-0.3, -0.25) is 9.59 Å². The first kappa shape index (κ1) is 21.6. The van der Waals surface area contributed by atoms with E-state index in [1.165, 1.54) is 12.1 Å². The van der Waals surface area contributed by atoms with Crippen molar-refractivity contribution in [1.29, 1.82) is 0 Å². The number of hydrogen-bond donors (Lipinski definition) is 1. The third-order valence-electron chi connectivity index (χ3n) is 6.63. The zero-order chi connectivity index (χ0) is 23.2. The Labute approximate surface area is 195 Å². The number of nitrogens with zero attached hydrogens (tertiary/aromatic N) is 2. The molecular formula is C25H23ClFN3O3. The Bertz CT molecular complexity index is 1240. The summed E-state index contributed by atoms with van der Waals surface area (Å²) in [6, 6.07) is 11.6. The Balaban J connectivity index is 1.15. The van der Waals surface area contributed by atoms with E-state index in [2.05, 4.69) is 10.3 Å². The molecule has 0 spiro atoms. The number of aromatic nitrogens is 2. The third kappa shape index (κ3) is 4.02. The molecule has 1 amide bonds. The predicted molar refractivity (Wildman–Crippen MR) is 121 cm³/mol. The maximum Gasteiger partial charge on any atom is 0.258 e. The summed E-state index contributed by atoms with van der Waals surface area (Å²) in [6.07, 6.45) is 6.36. The second-order valence-electron chi connectivity index (χ2n) is 9.18. The molecule has 0 unspecified atom stereocenters. The normalized spacial score (nSPS) is 22.8. The number of hydrogen-bond acceptors (Lipinski definition) is 4. The van der Waals surface area contributed by atoms with Crippen LogP contribution in [0.1, 0.15) is 41.9 Å². The van der Waals surface area contributed by atoms with Crippen molar-refractivity contribution in [3.63, 3.8) is 0 Å². The van der Waals surface area contributed by atoms with Gasteiger partial charge < -0.3 is 14.6 Å². The highest BCUT2D eigenvalue weighted by molar-refractivity contribution is 6.30. The van der Waals surface area contributed by atoms with Crippen molar-refractivity contribution in [3.05, 3.63) is 77.1 Å². The van der Waals surface area contributed by atoms with Gasteiger partial charge in [0.2, 0.25) is 0 Å². The van der Waals surface area contributed by atoms with Crippen LogP contribution < -0.4 is 10.1 Å². The van der Waals surface area contributed by atoms with Crippen molar-refractivity contribution < 1.29 is 18.7 Å². The molecule has 0 saturated heterocycles. The lowest BCUT2D eigenvalue weighted by Crippen LogP contribution is -2.75. The molecule has 33 heavy (non-hydrogen) atoms. The van der Waals surface area contributed by atoms with Crippen molar-refractivity contribution >= 4 is 23.3 Å². The highest BCUT2D eigenvalue weighted by Gasteiger charge is 2.68. The molecule has 2 aromatic carbocycles. The summed E-state index contributed by atoms with van der Waals surface area (Å²) in [5.74, 6) is 0.326. The van der Waals surface area contributed by atoms with Gasteiger partial charge in [-0.1, -0.05) is 23.7 Å². The maximum absolute atomic E-state index is 13.5. The lowest BCUT2D eigenvalue weighted by Gasteiger charge is -2.70. The number of nitrogens with one attached hydrogen (secondary N) is 1. The van der Waals surface area contributed by atoms with Crippen molar-refractivity contribution in [3.8, 4) is 11.4 Å². The standard InChI is InChI=1S/C25H23ClFN3O3/c1-16-28-8-9-30(16)21-5-3-2-4-18(21)22(31)11-24-13-25(14-24,15-24)29-23(32)12-33-17-6-7-19(26)20(27)10-17/h2-10H,11-15H2,1H3,(H,29,32). The van der Waals surface area contributed by atoms with Gasteiger partial charge in [0.05, 0.1) is 10.7 Å². The number of benzene rings is 2. The number of imidazole rings is 1. The fourth-order valence-electron chi connectivity index (χ4n) is 5.35. The molecule has 8 heteroatoms. The smallest absolute Gasteiger partial charge is 0.258 e. The van der Waals surface area contributed by atoms with Crippen LogP contribution in [-0.2, 0) is 4.79 Å². The van der Waals surface area contributed by atoms with Gasteiger partial charge in [0, 0.05) is 36.0 Å². The number of ether oxygens (including phenoxy) is 1. The van der Waals surface area contributed by atoms with Crippen LogP contribution in [0.4, 0.5) is 4.39 Å². The molecule has 6 nitrogen and oxygen atoms in total. The first-order valence-corrected chi connectivity index (χ1v) is 11.2. The fourth-order valence-corrected chi connectivity index (χ4v) is 5.47. The number of carbonyl (C=O) groups is 2. The van der Waals surface area contributed by atoms with Crippen LogP contribution in [0, 0.1) is 18.2 Å². The van der Waals surface area contributed by atoms with E-state index in [1.54, 1.807) is 6.20 Å². The van der Waals surface area contributed by atoms with Crippen molar-refractivity contribution in [2.75, 3.05) is 6.61 Å². The Kier molecular flexibility index (Phi) is 5.24. The minimum absolute atomic E-state index is 0.00305. The highest BCUT2D eigenvalue weighted by atomic mass is 35.5. The maximum atomic E-state index is 13.5. The lowest BCUT2D eigenvalue weighted by atomic mass is 9.38. The van der Waals surface area contributed by atoms with E-state index in [-0.39, 0.29) is 40.0 Å². The van der Waals surface area contributed by atoms with Gasteiger partial charge >= 0.3 is 0 Å². The van der Waals surface area contributed by atoms with Crippen LogP contribution in [0.15, 0.2) is 54.9 Å². The molecule has 6 rings (SSSR count). The van der Waals surface area contributed by atoms with E-state index in [1.807, 2.05) is 42.0 Å². The van der Waals surface area contributed by atoms with E-state index in [0.717, 1.165) is 36.8 Å². The Morgan fingerprint density at radius 1 is 1.21 bits per heavy atom. The molecule has 3 aliphatic rings. The van der Waals surface area contributed by atoms with Crippen molar-refractivity contribution in [2.24, 2.45) is 5.41 Å². The van der Waals surface area contributed by atoms with Crippen LogP contribution in [0.5, 0.6) is 5.75 Å². The zero-order valence-corrected chi connectivity index (χ0v) is 18.9. The molecule has 1 N–H and O–H groups in total. The zero-order valence-electron chi connectivity index (χ0n) is 18.1. The summed E-state index contributed by atoms with van der Waals surface area (Å²) in [4.78, 5) is 29.7. The average Bonchev–Trinajstić information content (AvgIpc) is 3.17. The van der Waals surface area contributed by atoms with Crippen molar-refractivity contribution in [1.82, 2.24) is 14.9 Å². The molecule has 0 aliphatic heterocycles. The Morgan fingerprint density at radius 3 is 2.67 bits per heavy atom. The van der Waals surface area contributed by atoms with Crippen LogP contribution in [-0.4, -0.2) is 33.4 Å². The second-order valence-corrected chi connectivity index (χ2v) is 9.59. The molecule has 3 aromatic rings. The molecule has 170 valence electrons. The molecule has 3 saturated carbocycles. The van der Waals surface area contributed by atoms with Crippen LogP contribution in [0.2, 0.25) is 5.02 Å². The van der Waals surface area contributed by atoms with E-state index in [9.17, 15) is 14.0 Å². The fraction of sp³-hybridized carbons (Fsp3) is 0.320. The number of aryl methyl sites for hydroxylation is 1. The van der Waals surface area contributed by atoms with Gasteiger partial charge in [0.1, 0.15) is 17.4 Å². The number of amides is 1. The minimum Gasteiger partial charge on any atom is -0.484 e. The van der Waals surface area contributed by atoms with Gasteiger partial charge in [-0.2, -0.15) is 0 Å². The monoisotopic (exact) mass is 467 g/mol. The molecule has 0 atom stereocenters. The van der Waals surface area contributed by atoms with Gasteiger partial charge in [0.15, 0.2) is 12.4 Å². The molecule has 0 radical (unpaired) electrons. The first-order valence-electron chi connectivity index (χ1n) is 10.8. The second kappa shape index (κ2) is 7.99. The Morgan fingerprint density at radius 2 is 1.97 bits per heavy atom. The SMILES string of the molecule is Cc1nccn1-c1ccccc1C(=O)CC12CC(NC(=O)COc3ccc(Cl)c(F)c3)(C1)C2. The number of Topliss-reactive ketones (excluding diaryl/α,β-unsaturated/α-hetero) is 1. The number of carbonyl (C=O) groups excluding carboxylic acids is 2. The molecule has 3 fully saturated rings. The number of ketones is 1. The van der Waals surface area contributed by atoms with E-state index in [4.69, 9.17) is 16.3 Å². The number of halogens is 2. The summed E-state index contributed by atoms with van der Waals surface area (Å²) < 4.78 is 20.8. The van der Waals surface area contributed by atoms with Crippen molar-refractivity contribution in [2.45, 2.75) is 38.1 Å². The lowest BCUT2D eigenvalue weighted by molar-refractivity contribution is -0.164. The quantitative estimate of drug-likeness (QED) is 0.489. The summed E-state index contributed by atoms with van der Waals surface area (Å²) in [5.41, 5.74) is 1.21. The topological polar surface area (TPSA) is 73.2 Å². The van der Waals surface area contributed by atoms with Gasteiger partial charge in [-0.25, -0.2) is 9.37 Å².